The highest BCUT2D eigenvalue weighted by molar-refractivity contribution is 5.78. The van der Waals surface area contributed by atoms with Gasteiger partial charge in [0.05, 0.1) is 5.92 Å². The predicted molar refractivity (Wildman–Crippen MR) is 80.2 cm³/mol. The molecule has 21 heavy (non-hydrogen) atoms. The number of nitrogens with zero attached hydrogens (tertiary/aromatic N) is 3. The van der Waals surface area contributed by atoms with Crippen LogP contribution in [0.1, 0.15) is 26.2 Å². The van der Waals surface area contributed by atoms with Crippen LogP contribution in [0.3, 0.4) is 0 Å². The minimum Gasteiger partial charge on any atom is -0.481 e. The maximum Gasteiger partial charge on any atom is 0.320 e. The number of likely N-dealkylation sites (tertiary alicyclic amines) is 2. The summed E-state index contributed by atoms with van der Waals surface area (Å²) in [5.74, 6) is -0.662. The van der Waals surface area contributed by atoms with Gasteiger partial charge in [-0.15, -0.1) is 0 Å². The lowest BCUT2D eigenvalue weighted by Crippen LogP contribution is -2.47. The standard InChI is InChI=1S/C15H27N3O3/c1-11-13(14(19)20)6-9-18(11)15(21)17(3)10-12-4-7-16(2)8-5-12/h11-13H,4-10H2,1-3H3,(H,19,20). The second-order valence-electron chi connectivity index (χ2n) is 6.58. The first kappa shape index (κ1) is 16.1. The Balaban J connectivity index is 1.86. The molecule has 6 heteroatoms. The minimum atomic E-state index is -0.796. The zero-order valence-electron chi connectivity index (χ0n) is 13.3. The van der Waals surface area contributed by atoms with Crippen LogP contribution in [-0.2, 0) is 4.79 Å². The summed E-state index contributed by atoms with van der Waals surface area (Å²) in [6.45, 7) is 5.34. The number of carboxylic acid groups (broad SMARTS) is 1. The molecular formula is C15H27N3O3. The summed E-state index contributed by atoms with van der Waals surface area (Å²) in [7, 11) is 3.96. The zero-order valence-corrected chi connectivity index (χ0v) is 13.3. The number of rotatable bonds is 3. The number of piperidine rings is 1. The first-order valence-corrected chi connectivity index (χ1v) is 7.83. The van der Waals surface area contributed by atoms with Gasteiger partial charge in [-0.2, -0.15) is 0 Å². The van der Waals surface area contributed by atoms with E-state index in [1.165, 1.54) is 0 Å². The molecule has 2 aliphatic heterocycles. The van der Waals surface area contributed by atoms with E-state index in [-0.39, 0.29) is 12.1 Å². The number of carbonyl (C=O) groups is 2. The Hall–Kier alpha value is -1.30. The van der Waals surface area contributed by atoms with Gasteiger partial charge in [-0.3, -0.25) is 4.79 Å². The quantitative estimate of drug-likeness (QED) is 0.849. The van der Waals surface area contributed by atoms with Crippen LogP contribution in [0.4, 0.5) is 4.79 Å². The van der Waals surface area contributed by atoms with Gasteiger partial charge < -0.3 is 19.8 Å². The molecule has 2 atom stereocenters. The van der Waals surface area contributed by atoms with E-state index in [9.17, 15) is 9.59 Å². The number of urea groups is 1. The highest BCUT2D eigenvalue weighted by Gasteiger charge is 2.39. The fraction of sp³-hybridized carbons (Fsp3) is 0.867. The predicted octanol–water partition coefficient (Wildman–Crippen LogP) is 1.18. The summed E-state index contributed by atoms with van der Waals surface area (Å²) < 4.78 is 0. The Labute approximate surface area is 126 Å². The normalized spacial score (nSPS) is 27.9. The Morgan fingerprint density at radius 3 is 2.33 bits per heavy atom. The number of aliphatic carboxylic acids is 1. The topological polar surface area (TPSA) is 64.1 Å². The number of carboxylic acids is 1. The Morgan fingerprint density at radius 2 is 1.81 bits per heavy atom. The number of amides is 2. The van der Waals surface area contributed by atoms with E-state index in [1.807, 2.05) is 14.0 Å². The van der Waals surface area contributed by atoms with Crippen molar-refractivity contribution in [2.24, 2.45) is 11.8 Å². The van der Waals surface area contributed by atoms with Crippen molar-refractivity contribution in [3.8, 4) is 0 Å². The maximum absolute atomic E-state index is 12.5. The molecule has 0 saturated carbocycles. The number of hydrogen-bond donors (Lipinski definition) is 1. The van der Waals surface area contributed by atoms with Gasteiger partial charge in [0.1, 0.15) is 0 Å². The second kappa shape index (κ2) is 6.64. The lowest BCUT2D eigenvalue weighted by Gasteiger charge is -2.34. The molecule has 6 nitrogen and oxygen atoms in total. The zero-order chi connectivity index (χ0) is 15.6. The summed E-state index contributed by atoms with van der Waals surface area (Å²) in [6.07, 6.45) is 2.81. The molecule has 0 aliphatic carbocycles. The number of hydrogen-bond acceptors (Lipinski definition) is 3. The lowest BCUT2D eigenvalue weighted by atomic mass is 9.97. The van der Waals surface area contributed by atoms with Crippen LogP contribution in [-0.4, -0.2) is 78.1 Å². The summed E-state index contributed by atoms with van der Waals surface area (Å²) >= 11 is 0. The minimum absolute atomic E-state index is 0.0230. The molecule has 0 aromatic rings. The van der Waals surface area contributed by atoms with Crippen molar-refractivity contribution in [1.82, 2.24) is 14.7 Å². The first-order valence-electron chi connectivity index (χ1n) is 7.83. The van der Waals surface area contributed by atoms with Crippen LogP contribution in [0.25, 0.3) is 0 Å². The van der Waals surface area contributed by atoms with Gasteiger partial charge >= 0.3 is 12.0 Å². The smallest absolute Gasteiger partial charge is 0.320 e. The van der Waals surface area contributed by atoms with Gasteiger partial charge in [0.25, 0.3) is 0 Å². The van der Waals surface area contributed by atoms with E-state index in [4.69, 9.17) is 5.11 Å². The van der Waals surface area contributed by atoms with E-state index in [1.54, 1.807) is 9.80 Å². The Kier molecular flexibility index (Phi) is 5.08. The van der Waals surface area contributed by atoms with Gasteiger partial charge in [-0.25, -0.2) is 4.79 Å². The molecule has 2 aliphatic rings. The Morgan fingerprint density at radius 1 is 1.19 bits per heavy atom. The summed E-state index contributed by atoms with van der Waals surface area (Å²) in [6, 6.07) is -0.236. The van der Waals surface area contributed by atoms with Crippen LogP contribution in [0, 0.1) is 11.8 Å². The van der Waals surface area contributed by atoms with E-state index in [2.05, 4.69) is 11.9 Å². The van der Waals surface area contributed by atoms with Crippen molar-refractivity contribution in [2.45, 2.75) is 32.2 Å². The molecule has 0 aromatic carbocycles. The number of carbonyl (C=O) groups excluding carboxylic acids is 1. The van der Waals surface area contributed by atoms with Crippen LogP contribution in [0.15, 0.2) is 0 Å². The highest BCUT2D eigenvalue weighted by atomic mass is 16.4. The van der Waals surface area contributed by atoms with Crippen LogP contribution >= 0.6 is 0 Å². The molecule has 0 aromatic heterocycles. The SMILES string of the molecule is CC1C(C(=O)O)CCN1C(=O)N(C)CC1CCN(C)CC1. The van der Waals surface area contributed by atoms with Gasteiger partial charge in [0.15, 0.2) is 0 Å². The third kappa shape index (κ3) is 3.67. The van der Waals surface area contributed by atoms with Crippen molar-refractivity contribution >= 4 is 12.0 Å². The third-order valence-electron chi connectivity index (χ3n) is 5.01. The van der Waals surface area contributed by atoms with E-state index in [0.29, 0.717) is 18.9 Å². The highest BCUT2D eigenvalue weighted by Crippen LogP contribution is 2.26. The molecule has 2 unspecified atom stereocenters. The molecule has 0 spiro atoms. The summed E-state index contributed by atoms with van der Waals surface area (Å²) in [5.41, 5.74) is 0. The molecule has 2 fully saturated rings. The lowest BCUT2D eigenvalue weighted by molar-refractivity contribution is -0.142. The van der Waals surface area contributed by atoms with Crippen molar-refractivity contribution in [3.05, 3.63) is 0 Å². The van der Waals surface area contributed by atoms with E-state index >= 15 is 0 Å². The molecule has 0 bridgehead atoms. The average Bonchev–Trinajstić information content (AvgIpc) is 2.82. The monoisotopic (exact) mass is 297 g/mol. The molecule has 0 radical (unpaired) electrons. The second-order valence-corrected chi connectivity index (χ2v) is 6.58. The molecule has 2 heterocycles. The molecule has 120 valence electrons. The van der Waals surface area contributed by atoms with Crippen LogP contribution < -0.4 is 0 Å². The van der Waals surface area contributed by atoms with Crippen LogP contribution in [0.2, 0.25) is 0 Å². The summed E-state index contributed by atoms with van der Waals surface area (Å²) in [4.78, 5) is 29.5. The first-order chi connectivity index (χ1) is 9.90. The molecule has 2 rings (SSSR count). The van der Waals surface area contributed by atoms with Crippen molar-refractivity contribution in [1.29, 1.82) is 0 Å². The Bertz CT molecular complexity index is 394. The fourth-order valence-electron chi connectivity index (χ4n) is 3.47. The average molecular weight is 297 g/mol. The van der Waals surface area contributed by atoms with E-state index in [0.717, 1.165) is 32.5 Å². The fourth-order valence-corrected chi connectivity index (χ4v) is 3.47. The largest absolute Gasteiger partial charge is 0.481 e. The molecular weight excluding hydrogens is 270 g/mol. The van der Waals surface area contributed by atoms with Gasteiger partial charge in [0, 0.05) is 26.2 Å². The maximum atomic E-state index is 12.5. The van der Waals surface area contributed by atoms with Crippen LogP contribution in [0.5, 0.6) is 0 Å². The van der Waals surface area contributed by atoms with Crippen molar-refractivity contribution < 1.29 is 14.7 Å². The van der Waals surface area contributed by atoms with Crippen molar-refractivity contribution in [2.75, 3.05) is 40.3 Å². The molecule has 2 saturated heterocycles. The third-order valence-corrected chi connectivity index (χ3v) is 5.01. The molecule has 1 N–H and O–H groups in total. The van der Waals surface area contributed by atoms with Gasteiger partial charge in [-0.05, 0) is 52.2 Å². The van der Waals surface area contributed by atoms with E-state index < -0.39 is 11.9 Å². The van der Waals surface area contributed by atoms with Gasteiger partial charge in [0.2, 0.25) is 0 Å². The molecule has 2 amide bonds. The summed E-state index contributed by atoms with van der Waals surface area (Å²) in [5, 5.41) is 9.15. The van der Waals surface area contributed by atoms with Crippen molar-refractivity contribution in [3.63, 3.8) is 0 Å². The van der Waals surface area contributed by atoms with Gasteiger partial charge in [-0.1, -0.05) is 0 Å².